The number of H-pyrrole nitrogens is 1. The number of rotatable bonds is 4. The second-order valence-corrected chi connectivity index (χ2v) is 5.68. The Bertz CT molecular complexity index is 715. The number of fused-ring (bicyclic) bond motifs is 1. The summed E-state index contributed by atoms with van der Waals surface area (Å²) in [5, 5.41) is 3.43. The van der Waals surface area contributed by atoms with E-state index in [-0.39, 0.29) is 0 Å². The van der Waals surface area contributed by atoms with Crippen molar-refractivity contribution in [2.24, 2.45) is 0 Å². The number of nitrogens with zero attached hydrogens (tertiary/aromatic N) is 1. The first-order valence-corrected chi connectivity index (χ1v) is 7.38. The largest absolute Gasteiger partial charge is 0.385 e. The van der Waals surface area contributed by atoms with Crippen LogP contribution in [-0.2, 0) is 6.42 Å². The lowest BCUT2D eigenvalue weighted by Crippen LogP contribution is -2.05. The van der Waals surface area contributed by atoms with Gasteiger partial charge in [0.15, 0.2) is 0 Å². The number of hydrogen-bond donors (Lipinski definition) is 2. The summed E-state index contributed by atoms with van der Waals surface area (Å²) >= 11 is 0. The number of benzene rings is 2. The maximum atomic E-state index is 4.66. The highest BCUT2D eigenvalue weighted by molar-refractivity contribution is 5.77. The Labute approximate surface area is 125 Å². The summed E-state index contributed by atoms with van der Waals surface area (Å²) in [5.41, 5.74) is 7.22. The van der Waals surface area contributed by atoms with Gasteiger partial charge in [0.1, 0.15) is 5.82 Å². The van der Waals surface area contributed by atoms with E-state index in [2.05, 4.69) is 72.5 Å². The van der Waals surface area contributed by atoms with Crippen molar-refractivity contribution in [2.75, 3.05) is 11.9 Å². The molecule has 0 fully saturated rings. The van der Waals surface area contributed by atoms with Crippen LogP contribution in [0.15, 0.2) is 36.4 Å². The Kier molecular flexibility index (Phi) is 3.65. The van der Waals surface area contributed by atoms with Crippen molar-refractivity contribution >= 4 is 16.7 Å². The third-order valence-corrected chi connectivity index (χ3v) is 3.89. The minimum Gasteiger partial charge on any atom is -0.385 e. The molecule has 0 unspecified atom stereocenters. The van der Waals surface area contributed by atoms with E-state index in [9.17, 15) is 0 Å². The summed E-state index contributed by atoms with van der Waals surface area (Å²) in [6, 6.07) is 12.8. The van der Waals surface area contributed by atoms with Gasteiger partial charge in [-0.05, 0) is 56.2 Å². The maximum absolute atomic E-state index is 4.66. The summed E-state index contributed by atoms with van der Waals surface area (Å²) < 4.78 is 0. The van der Waals surface area contributed by atoms with Crippen molar-refractivity contribution < 1.29 is 0 Å². The Hall–Kier alpha value is -2.29. The molecule has 3 heteroatoms. The van der Waals surface area contributed by atoms with Gasteiger partial charge in [0.25, 0.3) is 0 Å². The van der Waals surface area contributed by atoms with Crippen LogP contribution in [0.25, 0.3) is 11.0 Å². The molecule has 1 heterocycles. The Morgan fingerprint density at radius 1 is 1.00 bits per heavy atom. The quantitative estimate of drug-likeness (QED) is 0.753. The number of nitrogens with one attached hydrogen (secondary N) is 2. The van der Waals surface area contributed by atoms with Gasteiger partial charge in [-0.1, -0.05) is 17.7 Å². The van der Waals surface area contributed by atoms with Crippen molar-refractivity contribution in [2.45, 2.75) is 27.2 Å². The van der Waals surface area contributed by atoms with Crippen LogP contribution in [0.2, 0.25) is 0 Å². The zero-order valence-electron chi connectivity index (χ0n) is 12.8. The number of aromatic nitrogens is 2. The number of imidazole rings is 1. The van der Waals surface area contributed by atoms with Crippen molar-refractivity contribution in [3.05, 3.63) is 58.9 Å². The van der Waals surface area contributed by atoms with Crippen LogP contribution in [0.1, 0.15) is 22.5 Å². The van der Waals surface area contributed by atoms with E-state index in [1.54, 1.807) is 0 Å². The van der Waals surface area contributed by atoms with Gasteiger partial charge < -0.3 is 10.3 Å². The van der Waals surface area contributed by atoms with E-state index >= 15 is 0 Å². The van der Waals surface area contributed by atoms with Crippen LogP contribution in [0, 0.1) is 20.8 Å². The number of aryl methyl sites for hydroxylation is 3. The van der Waals surface area contributed by atoms with Crippen LogP contribution in [0.3, 0.4) is 0 Å². The number of hydrogen-bond acceptors (Lipinski definition) is 2. The first kappa shape index (κ1) is 13.7. The van der Waals surface area contributed by atoms with Crippen LogP contribution in [-0.4, -0.2) is 16.5 Å². The van der Waals surface area contributed by atoms with E-state index < -0.39 is 0 Å². The molecule has 0 atom stereocenters. The molecule has 0 aliphatic heterocycles. The highest BCUT2D eigenvalue weighted by atomic mass is 14.9. The molecule has 3 rings (SSSR count). The molecule has 0 saturated heterocycles. The second-order valence-electron chi connectivity index (χ2n) is 5.68. The molecular formula is C18H21N3. The van der Waals surface area contributed by atoms with Gasteiger partial charge in [0.2, 0.25) is 0 Å². The van der Waals surface area contributed by atoms with Gasteiger partial charge in [0, 0.05) is 18.7 Å². The fraction of sp³-hybridized carbons (Fsp3) is 0.278. The third kappa shape index (κ3) is 3.07. The molecule has 21 heavy (non-hydrogen) atoms. The summed E-state index contributed by atoms with van der Waals surface area (Å²) in [7, 11) is 0. The molecule has 3 nitrogen and oxygen atoms in total. The van der Waals surface area contributed by atoms with E-state index in [1.165, 1.54) is 16.7 Å². The minimum atomic E-state index is 0.876. The smallest absolute Gasteiger partial charge is 0.108 e. The topological polar surface area (TPSA) is 40.7 Å². The van der Waals surface area contributed by atoms with Crippen molar-refractivity contribution in [1.82, 2.24) is 9.97 Å². The molecule has 0 aliphatic rings. The summed E-state index contributed by atoms with van der Waals surface area (Å²) in [5.74, 6) is 1.04. The number of aromatic amines is 1. The van der Waals surface area contributed by atoms with E-state index in [0.29, 0.717) is 0 Å². The lowest BCUT2D eigenvalue weighted by molar-refractivity contribution is 0.934. The SMILES string of the molecule is Cc1ccc(NCCc2nc3cc(C)c(C)cc3[nH]2)cc1. The fourth-order valence-electron chi connectivity index (χ4n) is 2.44. The van der Waals surface area contributed by atoms with Crippen molar-refractivity contribution in [3.63, 3.8) is 0 Å². The highest BCUT2D eigenvalue weighted by Gasteiger charge is 2.04. The predicted molar refractivity (Wildman–Crippen MR) is 88.9 cm³/mol. The lowest BCUT2D eigenvalue weighted by atomic mass is 10.1. The summed E-state index contributed by atoms with van der Waals surface area (Å²) in [4.78, 5) is 8.07. The van der Waals surface area contributed by atoms with E-state index in [4.69, 9.17) is 0 Å². The molecule has 2 N–H and O–H groups in total. The lowest BCUT2D eigenvalue weighted by Gasteiger charge is -2.05. The second kappa shape index (κ2) is 5.60. The first-order valence-electron chi connectivity index (χ1n) is 7.38. The monoisotopic (exact) mass is 279 g/mol. The van der Waals surface area contributed by atoms with Gasteiger partial charge in [0.05, 0.1) is 11.0 Å². The van der Waals surface area contributed by atoms with Crippen molar-refractivity contribution in [1.29, 1.82) is 0 Å². The molecule has 3 aromatic rings. The van der Waals surface area contributed by atoms with Crippen LogP contribution < -0.4 is 5.32 Å². The minimum absolute atomic E-state index is 0.876. The Balaban J connectivity index is 1.66. The molecule has 0 saturated carbocycles. The summed E-state index contributed by atoms with van der Waals surface area (Å²) in [6.45, 7) is 7.24. The first-order chi connectivity index (χ1) is 10.1. The van der Waals surface area contributed by atoms with Gasteiger partial charge in [-0.2, -0.15) is 0 Å². The van der Waals surface area contributed by atoms with Crippen LogP contribution >= 0.6 is 0 Å². The van der Waals surface area contributed by atoms with Gasteiger partial charge in [-0.3, -0.25) is 0 Å². The van der Waals surface area contributed by atoms with Crippen LogP contribution in [0.5, 0.6) is 0 Å². The molecule has 0 bridgehead atoms. The molecule has 0 spiro atoms. The molecule has 2 aromatic carbocycles. The average Bonchev–Trinajstić information content (AvgIpc) is 2.83. The molecule has 1 aromatic heterocycles. The third-order valence-electron chi connectivity index (χ3n) is 3.89. The van der Waals surface area contributed by atoms with Gasteiger partial charge in [-0.15, -0.1) is 0 Å². The van der Waals surface area contributed by atoms with Crippen molar-refractivity contribution in [3.8, 4) is 0 Å². The molecule has 0 amide bonds. The summed E-state index contributed by atoms with van der Waals surface area (Å²) in [6.07, 6.45) is 0.890. The Morgan fingerprint density at radius 2 is 1.71 bits per heavy atom. The molecule has 0 radical (unpaired) electrons. The fourth-order valence-corrected chi connectivity index (χ4v) is 2.44. The van der Waals surface area contributed by atoms with Crippen LogP contribution in [0.4, 0.5) is 5.69 Å². The molecule has 108 valence electrons. The molecular weight excluding hydrogens is 258 g/mol. The average molecular weight is 279 g/mol. The normalized spacial score (nSPS) is 11.0. The van der Waals surface area contributed by atoms with E-state index in [1.807, 2.05) is 0 Å². The zero-order chi connectivity index (χ0) is 14.8. The maximum Gasteiger partial charge on any atom is 0.108 e. The predicted octanol–water partition coefficient (Wildman–Crippen LogP) is 4.14. The van der Waals surface area contributed by atoms with E-state index in [0.717, 1.165) is 35.5 Å². The standard InChI is InChI=1S/C18H21N3/c1-12-4-6-15(7-5-12)19-9-8-18-20-16-10-13(2)14(3)11-17(16)21-18/h4-7,10-11,19H,8-9H2,1-3H3,(H,20,21). The Morgan fingerprint density at radius 3 is 2.48 bits per heavy atom. The van der Waals surface area contributed by atoms with Gasteiger partial charge >= 0.3 is 0 Å². The zero-order valence-corrected chi connectivity index (χ0v) is 12.8. The van der Waals surface area contributed by atoms with Gasteiger partial charge in [-0.25, -0.2) is 4.98 Å². The number of anilines is 1. The highest BCUT2D eigenvalue weighted by Crippen LogP contribution is 2.17. The molecule has 0 aliphatic carbocycles.